The minimum absolute atomic E-state index is 0. The first-order valence-electron chi connectivity index (χ1n) is 25.6. The zero-order valence-corrected chi connectivity index (χ0v) is 44.2. The topological polar surface area (TPSA) is 62.5 Å². The molecule has 0 atom stereocenters. The van der Waals surface area contributed by atoms with E-state index in [1.807, 2.05) is 106 Å². The molecule has 7 aromatic carbocycles. The number of nitrogens with zero attached hydrogens (tertiary/aromatic N) is 4. The van der Waals surface area contributed by atoms with E-state index in [0.717, 1.165) is 80.9 Å². The van der Waals surface area contributed by atoms with Gasteiger partial charge in [0.2, 0.25) is 0 Å². The van der Waals surface area contributed by atoms with E-state index in [-0.39, 0.29) is 31.2 Å². The predicted molar refractivity (Wildman–Crippen MR) is 290 cm³/mol. The fraction of sp³-hybridized carbons (Fsp3) is 0.134. The molecule has 10 rings (SSSR count). The number of hydrogen-bond donors (Lipinski definition) is 0. The Hall–Kier alpha value is -8.15. The van der Waals surface area contributed by atoms with Gasteiger partial charge < -0.3 is 15.0 Å². The van der Waals surface area contributed by atoms with E-state index >= 15 is 13.2 Å². The summed E-state index contributed by atoms with van der Waals surface area (Å²) in [5.74, 6) is -5.64. The van der Waals surface area contributed by atoms with Crippen molar-refractivity contribution >= 4 is 0 Å². The molecule has 0 saturated carbocycles. The van der Waals surface area contributed by atoms with Gasteiger partial charge in [-0.05, 0) is 93.8 Å². The van der Waals surface area contributed by atoms with Crippen LogP contribution in [0, 0.1) is 58.2 Å². The molecule has 0 spiro atoms. The molecule has 0 saturated heterocycles. The minimum atomic E-state index is -1.72. The monoisotopic (exact) mass is 1180 g/mol. The van der Waals surface area contributed by atoms with Gasteiger partial charge >= 0.3 is 20.1 Å². The molecule has 3 heterocycles. The predicted octanol–water partition coefficient (Wildman–Crippen LogP) is 16.5. The normalized spacial score (nSPS) is 11.8. The van der Waals surface area contributed by atoms with Gasteiger partial charge in [0.05, 0.1) is 5.56 Å². The molecule has 3 aromatic heterocycles. The molecule has 0 aliphatic carbocycles. The number of nitriles is 1. The summed E-state index contributed by atoms with van der Waals surface area (Å²) in [5.41, 5.74) is 9.84. The van der Waals surface area contributed by atoms with Gasteiger partial charge in [0.25, 0.3) is 0 Å². The number of benzene rings is 7. The Kier molecular flexibility index (Phi) is 15.3. The molecule has 0 amide bonds. The average molecular weight is 1180 g/mol. The Morgan fingerprint density at radius 1 is 0.461 bits per heavy atom. The molecule has 0 N–H and O–H groups in total. The Morgan fingerprint density at radius 3 is 1.47 bits per heavy atom. The summed E-state index contributed by atoms with van der Waals surface area (Å²) in [6.45, 7) is 5.43. The van der Waals surface area contributed by atoms with E-state index in [1.165, 1.54) is 18.3 Å². The molecule has 4 nitrogen and oxygen atoms in total. The van der Waals surface area contributed by atoms with Gasteiger partial charge in [0, 0.05) is 38.0 Å². The molecule has 0 radical (unpaired) electrons. The molecule has 0 unspecified atom stereocenters. The zero-order chi connectivity index (χ0) is 53.8. The largest absolute Gasteiger partial charge is 3.00 e. The number of hydrogen-bond acceptors (Lipinski definition) is 4. The van der Waals surface area contributed by atoms with Crippen molar-refractivity contribution in [1.29, 1.82) is 5.26 Å². The Morgan fingerprint density at radius 2 is 0.961 bits per heavy atom. The van der Waals surface area contributed by atoms with E-state index in [1.54, 1.807) is 42.7 Å². The van der Waals surface area contributed by atoms with Crippen molar-refractivity contribution in [2.45, 2.75) is 52.8 Å². The second-order valence-corrected chi connectivity index (χ2v) is 19.4. The molecule has 76 heavy (non-hydrogen) atoms. The van der Waals surface area contributed by atoms with Gasteiger partial charge in [-0.25, -0.2) is 17.6 Å². The van der Waals surface area contributed by atoms with Crippen LogP contribution in [-0.2, 0) is 52.2 Å². The molecule has 9 heteroatoms. The van der Waals surface area contributed by atoms with E-state index in [9.17, 15) is 9.65 Å². The van der Waals surface area contributed by atoms with E-state index in [0.29, 0.717) is 40.8 Å². The van der Waals surface area contributed by atoms with Crippen LogP contribution in [0.1, 0.15) is 56.9 Å². The van der Waals surface area contributed by atoms with Crippen molar-refractivity contribution in [3.8, 4) is 84.3 Å². The van der Waals surface area contributed by atoms with Crippen LogP contribution in [-0.4, -0.2) is 15.0 Å². The van der Waals surface area contributed by atoms with Gasteiger partial charge in [0.1, 0.15) is 6.07 Å². The maximum atomic E-state index is 17.0. The summed E-state index contributed by atoms with van der Waals surface area (Å²) in [7, 11) is 0. The van der Waals surface area contributed by atoms with Crippen molar-refractivity contribution in [3.63, 3.8) is 0 Å². The van der Waals surface area contributed by atoms with Crippen LogP contribution >= 0.6 is 0 Å². The van der Waals surface area contributed by atoms with Gasteiger partial charge in [0.15, 0.2) is 23.3 Å². The smallest absolute Gasteiger partial charge is 0.305 e. The summed E-state index contributed by atoms with van der Waals surface area (Å²) in [4.78, 5) is 13.6. The second-order valence-electron chi connectivity index (χ2n) is 19.4. The second kappa shape index (κ2) is 23.2. The molecular weight excluding hydrogens is 1130 g/mol. The summed E-state index contributed by atoms with van der Waals surface area (Å²) in [6.07, 6.45) is 6.20. The number of pyridine rings is 3. The van der Waals surface area contributed by atoms with Gasteiger partial charge in [-0.1, -0.05) is 141 Å². The third-order valence-electron chi connectivity index (χ3n) is 13.0. The fourth-order valence-corrected chi connectivity index (χ4v) is 9.30. The van der Waals surface area contributed by atoms with Crippen LogP contribution in [0.25, 0.3) is 78.3 Å². The molecule has 0 bridgehead atoms. The van der Waals surface area contributed by atoms with Crippen molar-refractivity contribution in [3.05, 3.63) is 257 Å². The number of aryl methyl sites for hydroxylation is 4. The first kappa shape index (κ1) is 50.0. The van der Waals surface area contributed by atoms with Crippen molar-refractivity contribution in [2.24, 2.45) is 5.41 Å². The summed E-state index contributed by atoms with van der Waals surface area (Å²) < 4.78 is 81.5. The summed E-state index contributed by atoms with van der Waals surface area (Å²) in [5, 5.41) is 9.28. The van der Waals surface area contributed by atoms with Gasteiger partial charge in [-0.15, -0.1) is 94.5 Å². The Bertz CT molecular complexity index is 3700. The van der Waals surface area contributed by atoms with Crippen molar-refractivity contribution in [1.82, 2.24) is 15.0 Å². The fourth-order valence-electron chi connectivity index (χ4n) is 9.30. The molecule has 0 fully saturated rings. The van der Waals surface area contributed by atoms with Gasteiger partial charge in [-0.2, -0.15) is 5.26 Å². The molecule has 10 aromatic rings. The average Bonchev–Trinajstić information content (AvgIpc) is 3.56. The first-order chi connectivity index (χ1) is 37.2. The van der Waals surface area contributed by atoms with Crippen molar-refractivity contribution in [2.75, 3.05) is 0 Å². The zero-order valence-electron chi connectivity index (χ0n) is 43.8. The molecular formula is C67H49F4IrN4. The molecule has 0 aliphatic heterocycles. The van der Waals surface area contributed by atoms with Crippen molar-refractivity contribution < 1.29 is 40.4 Å². The van der Waals surface area contributed by atoms with Gasteiger partial charge in [-0.3, -0.25) is 0 Å². The van der Waals surface area contributed by atoms with E-state index in [4.69, 9.17) is 2.74 Å². The third kappa shape index (κ3) is 11.9. The SMILES string of the molecule is [2H]C([2H])(c1ccc(-c2[c-]cc(-c3ccccc3-c3cc(CCc4c[c-]c(-c5ccccn5)cc4)cc(CCc4c[c-]c(-c5ccccn5)cc4)c3)c(-c3ccc(-c4ccc(C#N)c(F)c4F)c(F)c3F)c2)nc1)C(C)(C)C.[Ir+3]. The van der Waals surface area contributed by atoms with Crippen LogP contribution in [0.4, 0.5) is 17.6 Å². The summed E-state index contributed by atoms with van der Waals surface area (Å²) >= 11 is 0. The minimum Gasteiger partial charge on any atom is -0.305 e. The molecule has 374 valence electrons. The quantitative estimate of drug-likeness (QED) is 0.0804. The Balaban J connectivity index is 0.00000740. The van der Waals surface area contributed by atoms with E-state index in [2.05, 4.69) is 63.5 Å². The first-order valence-corrected chi connectivity index (χ1v) is 24.6. The summed E-state index contributed by atoms with van der Waals surface area (Å²) in [6, 6.07) is 61.3. The standard InChI is InChI=1S/C67H49F4N4.Ir/c1-67(2,3)40-47-22-33-62(75-42-47)50-27-29-55(59(39-50)58-32-31-57(65(70)66(58)71)56-30-28-51(41-72)63(68)64(56)69)54-11-5-4-10-53(54)52-37-45(16-14-43-18-23-48(24-19-43)60-12-6-8-34-73-60)36-46(38-52)17-15-44-20-25-49(26-21-44)61-13-7-9-35-74-61;/h4-13,18-23,25,28-39,42H,14-17,40H2,1-3H3;/q-3;+3/i40D2;. The van der Waals surface area contributed by atoms with Crippen LogP contribution in [0.3, 0.4) is 0 Å². The number of rotatable bonds is 14. The maximum absolute atomic E-state index is 17.0. The van der Waals surface area contributed by atoms with Crippen LogP contribution in [0.15, 0.2) is 182 Å². The van der Waals surface area contributed by atoms with E-state index < -0.39 is 51.7 Å². The van der Waals surface area contributed by atoms with Crippen LogP contribution < -0.4 is 0 Å². The number of aromatic nitrogens is 3. The third-order valence-corrected chi connectivity index (χ3v) is 13.0. The number of halogens is 4. The maximum Gasteiger partial charge on any atom is 3.00 e. The van der Waals surface area contributed by atoms with Crippen LogP contribution in [0.5, 0.6) is 0 Å². The van der Waals surface area contributed by atoms with Crippen LogP contribution in [0.2, 0.25) is 0 Å². The Labute approximate surface area is 458 Å². The molecule has 0 aliphatic rings.